The number of nitrogens with one attached hydrogen (secondary N) is 1. The summed E-state index contributed by atoms with van der Waals surface area (Å²) in [5.41, 5.74) is 3.10. The van der Waals surface area contributed by atoms with Gasteiger partial charge in [0.2, 0.25) is 0 Å². The van der Waals surface area contributed by atoms with Crippen molar-refractivity contribution in [1.29, 1.82) is 0 Å². The number of amides is 1. The fourth-order valence-corrected chi connectivity index (χ4v) is 3.62. The van der Waals surface area contributed by atoms with Gasteiger partial charge in [0.25, 0.3) is 5.91 Å². The number of rotatable bonds is 6. The van der Waals surface area contributed by atoms with Gasteiger partial charge in [-0.2, -0.15) is 5.10 Å². The summed E-state index contributed by atoms with van der Waals surface area (Å²) in [4.78, 5) is 32.2. The number of likely N-dealkylation sites (N-methyl/N-ethyl adjacent to an activating group) is 1. The number of Topliss-reactive ketones (excluding diaryl/α,β-unsaturated/α-hetero) is 1. The second-order valence-electron chi connectivity index (χ2n) is 7.39. The molecule has 1 aromatic heterocycles. The van der Waals surface area contributed by atoms with Crippen LogP contribution < -0.4 is 5.32 Å². The average molecular weight is 436 g/mol. The first kappa shape index (κ1) is 20.8. The van der Waals surface area contributed by atoms with Crippen molar-refractivity contribution in [1.82, 2.24) is 14.7 Å². The van der Waals surface area contributed by atoms with Crippen molar-refractivity contribution in [2.75, 3.05) is 25.5 Å². The summed E-state index contributed by atoms with van der Waals surface area (Å²) in [5.74, 6) is 0.528. The van der Waals surface area contributed by atoms with Crippen LogP contribution in [0.15, 0.2) is 59.7 Å². The lowest BCUT2D eigenvalue weighted by Crippen LogP contribution is -2.23. The minimum Gasteiger partial charge on any atom is -0.358 e. The van der Waals surface area contributed by atoms with Crippen molar-refractivity contribution in [2.45, 2.75) is 6.42 Å². The van der Waals surface area contributed by atoms with E-state index in [2.05, 4.69) is 20.3 Å². The zero-order valence-electron chi connectivity index (χ0n) is 17.3. The molecule has 1 N–H and O–H groups in total. The number of amidine groups is 1. The molecule has 0 radical (unpaired) electrons. The smallest absolute Gasteiger partial charge is 0.259 e. The molecule has 2 heterocycles. The largest absolute Gasteiger partial charge is 0.358 e. The van der Waals surface area contributed by atoms with Gasteiger partial charge in [-0.1, -0.05) is 35.9 Å². The highest BCUT2D eigenvalue weighted by molar-refractivity contribution is 6.30. The first-order valence-corrected chi connectivity index (χ1v) is 10.3. The maximum atomic E-state index is 12.9. The molecular formula is C23H22ClN5O2. The van der Waals surface area contributed by atoms with Crippen molar-refractivity contribution >= 4 is 34.8 Å². The Morgan fingerprint density at radius 1 is 1.06 bits per heavy atom. The van der Waals surface area contributed by atoms with Gasteiger partial charge in [0, 0.05) is 42.5 Å². The summed E-state index contributed by atoms with van der Waals surface area (Å²) < 4.78 is 1.56. The molecule has 0 unspecified atom stereocenters. The molecule has 0 saturated heterocycles. The van der Waals surface area contributed by atoms with Crippen molar-refractivity contribution < 1.29 is 9.59 Å². The van der Waals surface area contributed by atoms with E-state index in [0.29, 0.717) is 27.5 Å². The Bertz CT molecular complexity index is 1150. The van der Waals surface area contributed by atoms with Gasteiger partial charge in [-0.05, 0) is 24.3 Å². The lowest BCUT2D eigenvalue weighted by Gasteiger charge is -2.14. The van der Waals surface area contributed by atoms with E-state index in [4.69, 9.17) is 11.6 Å². The molecule has 8 heteroatoms. The second kappa shape index (κ2) is 8.73. The van der Waals surface area contributed by atoms with Crippen molar-refractivity contribution in [3.8, 4) is 0 Å². The van der Waals surface area contributed by atoms with Crippen LogP contribution in [-0.4, -0.2) is 52.3 Å². The van der Waals surface area contributed by atoms with Crippen LogP contribution in [0.2, 0.25) is 5.02 Å². The lowest BCUT2D eigenvalue weighted by molar-refractivity contribution is 0.0990. The molecular weight excluding hydrogens is 414 g/mol. The number of aliphatic imine (C=N–C) groups is 1. The standard InChI is InChI=1S/C23H22ClN5O2/c1-28-12-11-25-22(28)16-5-3-15(4-6-16)21(30)13-20-19(14-26-29(20)2)23(31)27-18-9-7-17(24)8-10-18/h3-10,14H,11-13H2,1-2H3,(H,27,31). The molecule has 1 aliphatic rings. The summed E-state index contributed by atoms with van der Waals surface area (Å²) in [6, 6.07) is 14.2. The Kier molecular flexibility index (Phi) is 5.86. The molecule has 31 heavy (non-hydrogen) atoms. The SMILES string of the molecule is CN1CCN=C1c1ccc(C(=O)Cc2c(C(=O)Nc3ccc(Cl)cc3)cnn2C)cc1. The van der Waals surface area contributed by atoms with Gasteiger partial charge >= 0.3 is 0 Å². The quantitative estimate of drug-likeness (QED) is 0.601. The molecule has 1 aliphatic heterocycles. The highest BCUT2D eigenvalue weighted by Crippen LogP contribution is 2.18. The Hall–Kier alpha value is -3.45. The van der Waals surface area contributed by atoms with Gasteiger partial charge in [0.1, 0.15) is 5.84 Å². The van der Waals surface area contributed by atoms with E-state index in [1.165, 1.54) is 6.20 Å². The Morgan fingerprint density at radius 3 is 2.42 bits per heavy atom. The normalized spacial score (nSPS) is 13.3. The number of benzene rings is 2. The van der Waals surface area contributed by atoms with E-state index >= 15 is 0 Å². The van der Waals surface area contributed by atoms with Crippen LogP contribution in [-0.2, 0) is 13.5 Å². The minimum atomic E-state index is -0.323. The van der Waals surface area contributed by atoms with E-state index in [0.717, 1.165) is 24.5 Å². The van der Waals surface area contributed by atoms with Crippen LogP contribution in [0.4, 0.5) is 5.69 Å². The molecule has 0 saturated carbocycles. The van der Waals surface area contributed by atoms with Crippen LogP contribution in [0, 0.1) is 0 Å². The summed E-state index contributed by atoms with van der Waals surface area (Å²) in [6.07, 6.45) is 1.55. The van der Waals surface area contributed by atoms with E-state index in [-0.39, 0.29) is 18.1 Å². The van der Waals surface area contributed by atoms with E-state index in [1.807, 2.05) is 19.2 Å². The Morgan fingerprint density at radius 2 is 1.77 bits per heavy atom. The summed E-state index contributed by atoms with van der Waals surface area (Å²) in [7, 11) is 3.72. The molecule has 3 aromatic rings. The zero-order chi connectivity index (χ0) is 22.0. The predicted molar refractivity (Wildman–Crippen MR) is 121 cm³/mol. The maximum Gasteiger partial charge on any atom is 0.259 e. The molecule has 0 aliphatic carbocycles. The third kappa shape index (κ3) is 4.51. The molecule has 2 aromatic carbocycles. The zero-order valence-corrected chi connectivity index (χ0v) is 18.1. The van der Waals surface area contributed by atoms with Crippen molar-refractivity contribution in [2.24, 2.45) is 12.0 Å². The molecule has 7 nitrogen and oxygen atoms in total. The third-order valence-electron chi connectivity index (χ3n) is 5.26. The second-order valence-corrected chi connectivity index (χ2v) is 7.83. The molecule has 1 amide bonds. The number of aromatic nitrogens is 2. The number of carbonyl (C=O) groups is 2. The fourth-order valence-electron chi connectivity index (χ4n) is 3.50. The topological polar surface area (TPSA) is 79.6 Å². The van der Waals surface area contributed by atoms with E-state index in [1.54, 1.807) is 48.1 Å². The molecule has 0 fully saturated rings. The summed E-state index contributed by atoms with van der Waals surface area (Å²) >= 11 is 5.89. The predicted octanol–water partition coefficient (Wildman–Crippen LogP) is 3.44. The number of hydrogen-bond acceptors (Lipinski definition) is 5. The van der Waals surface area contributed by atoms with E-state index in [9.17, 15) is 9.59 Å². The van der Waals surface area contributed by atoms with Gasteiger partial charge in [-0.25, -0.2) is 0 Å². The Balaban J connectivity index is 1.49. The minimum absolute atomic E-state index is 0.0695. The Labute approximate surface area is 185 Å². The van der Waals surface area contributed by atoms with E-state index < -0.39 is 0 Å². The van der Waals surface area contributed by atoms with Crippen LogP contribution in [0.5, 0.6) is 0 Å². The highest BCUT2D eigenvalue weighted by Gasteiger charge is 2.20. The number of halogens is 1. The number of anilines is 1. The monoisotopic (exact) mass is 435 g/mol. The fraction of sp³-hybridized carbons (Fsp3) is 0.217. The van der Waals surface area contributed by atoms with Crippen LogP contribution >= 0.6 is 11.6 Å². The summed E-state index contributed by atoms with van der Waals surface area (Å²) in [5, 5.41) is 7.58. The molecule has 4 rings (SSSR count). The molecule has 0 atom stereocenters. The van der Waals surface area contributed by atoms with Gasteiger partial charge in [0.05, 0.1) is 30.4 Å². The molecule has 158 valence electrons. The van der Waals surface area contributed by atoms with Crippen LogP contribution in [0.25, 0.3) is 0 Å². The number of ketones is 1. The van der Waals surface area contributed by atoms with Gasteiger partial charge < -0.3 is 10.2 Å². The van der Waals surface area contributed by atoms with Crippen molar-refractivity contribution in [3.05, 3.63) is 82.1 Å². The number of nitrogens with zero attached hydrogens (tertiary/aromatic N) is 4. The third-order valence-corrected chi connectivity index (χ3v) is 5.51. The van der Waals surface area contributed by atoms with Gasteiger partial charge in [0.15, 0.2) is 5.78 Å². The molecule has 0 spiro atoms. The van der Waals surface area contributed by atoms with Crippen LogP contribution in [0.3, 0.4) is 0 Å². The van der Waals surface area contributed by atoms with Gasteiger partial charge in [-0.15, -0.1) is 0 Å². The van der Waals surface area contributed by atoms with Gasteiger partial charge in [-0.3, -0.25) is 19.3 Å². The highest BCUT2D eigenvalue weighted by atomic mass is 35.5. The number of aryl methyl sites for hydroxylation is 1. The first-order valence-electron chi connectivity index (χ1n) is 9.89. The first-order chi connectivity index (χ1) is 14.9. The molecule has 0 bridgehead atoms. The van der Waals surface area contributed by atoms with Crippen LogP contribution in [0.1, 0.15) is 32.0 Å². The van der Waals surface area contributed by atoms with Crippen molar-refractivity contribution in [3.63, 3.8) is 0 Å². The lowest BCUT2D eigenvalue weighted by atomic mass is 10.0. The number of carbonyl (C=O) groups excluding carboxylic acids is 2. The average Bonchev–Trinajstić information content (AvgIpc) is 3.35. The number of hydrogen-bond donors (Lipinski definition) is 1. The maximum absolute atomic E-state index is 12.9. The summed E-state index contributed by atoms with van der Waals surface area (Å²) in [6.45, 7) is 1.69.